The topological polar surface area (TPSA) is 70.7 Å². The van der Waals surface area contributed by atoms with E-state index in [0.29, 0.717) is 32.2 Å². The van der Waals surface area contributed by atoms with E-state index in [9.17, 15) is 9.59 Å². The average Bonchev–Trinajstić information content (AvgIpc) is 2.73. The first-order chi connectivity index (χ1) is 14.4. The molecule has 1 atom stereocenters. The molecule has 1 fully saturated rings. The van der Waals surface area contributed by atoms with Crippen molar-refractivity contribution < 1.29 is 14.3 Å². The lowest BCUT2D eigenvalue weighted by molar-refractivity contribution is -0.121. The monoisotopic (exact) mass is 417 g/mol. The maximum Gasteiger partial charge on any atom is 0.409 e. The lowest BCUT2D eigenvalue weighted by atomic mass is 9.94. The minimum absolute atomic E-state index is 0.00907. The van der Waals surface area contributed by atoms with Crippen LogP contribution in [-0.4, -0.2) is 49.2 Å². The number of likely N-dealkylation sites (tertiary alicyclic amines) is 1. The second-order valence-electron chi connectivity index (χ2n) is 8.48. The number of amides is 2. The predicted molar refractivity (Wildman–Crippen MR) is 120 cm³/mol. The van der Waals surface area contributed by atoms with Gasteiger partial charge >= 0.3 is 6.09 Å². The lowest BCUT2D eigenvalue weighted by Crippen LogP contribution is -2.48. The Morgan fingerprint density at radius 2 is 1.80 bits per heavy atom. The third-order valence-corrected chi connectivity index (χ3v) is 5.69. The molecule has 0 bridgehead atoms. The summed E-state index contributed by atoms with van der Waals surface area (Å²) in [5.74, 6) is 0.391. The van der Waals surface area contributed by atoms with Gasteiger partial charge in [0.2, 0.25) is 5.91 Å². The van der Waals surface area contributed by atoms with Crippen molar-refractivity contribution in [2.75, 3.05) is 26.2 Å². The number of rotatable bonds is 10. The maximum absolute atomic E-state index is 12.5. The van der Waals surface area contributed by atoms with Crippen molar-refractivity contribution in [1.29, 1.82) is 0 Å². The number of carbonyl (C=O) groups excluding carboxylic acids is 2. The van der Waals surface area contributed by atoms with Gasteiger partial charge in [-0.1, -0.05) is 51.5 Å². The van der Waals surface area contributed by atoms with Gasteiger partial charge in [0.1, 0.15) is 0 Å². The molecular formula is C24H39N3O3. The van der Waals surface area contributed by atoms with Crippen LogP contribution in [0.15, 0.2) is 24.3 Å². The molecule has 168 valence electrons. The van der Waals surface area contributed by atoms with Gasteiger partial charge in [-0.15, -0.1) is 0 Å². The van der Waals surface area contributed by atoms with Crippen LogP contribution in [0.5, 0.6) is 0 Å². The second-order valence-corrected chi connectivity index (χ2v) is 8.48. The highest BCUT2D eigenvalue weighted by Crippen LogP contribution is 2.22. The Morgan fingerprint density at radius 3 is 2.37 bits per heavy atom. The first-order valence-electron chi connectivity index (χ1n) is 11.5. The summed E-state index contributed by atoms with van der Waals surface area (Å²) in [6.07, 6.45) is 4.80. The molecule has 30 heavy (non-hydrogen) atoms. The fourth-order valence-electron chi connectivity index (χ4n) is 3.91. The number of hydrogen-bond donors (Lipinski definition) is 2. The summed E-state index contributed by atoms with van der Waals surface area (Å²) in [6, 6.07) is 9.04. The van der Waals surface area contributed by atoms with E-state index in [0.717, 1.165) is 19.3 Å². The zero-order chi connectivity index (χ0) is 21.9. The zero-order valence-electron chi connectivity index (χ0n) is 19.1. The third-order valence-electron chi connectivity index (χ3n) is 5.69. The SMILES string of the molecule is CCCCc1ccc([C@H](NCC(=O)NC2CCN(C(=O)OCC)CC2)C(C)C)cc1. The fraction of sp³-hybridized carbons (Fsp3) is 0.667. The summed E-state index contributed by atoms with van der Waals surface area (Å²) in [5.41, 5.74) is 2.59. The molecular weight excluding hydrogens is 378 g/mol. The first kappa shape index (κ1) is 24.2. The van der Waals surface area contributed by atoms with Gasteiger partial charge < -0.3 is 20.3 Å². The standard InChI is InChI=1S/C24H39N3O3/c1-5-7-8-19-9-11-20(12-10-19)23(18(3)4)25-17-22(28)26-21-13-15-27(16-14-21)24(29)30-6-2/h9-12,18,21,23,25H,5-8,13-17H2,1-4H3,(H,26,28)/t23-/m1/s1. The quantitative estimate of drug-likeness (QED) is 0.602. The minimum Gasteiger partial charge on any atom is -0.450 e. The maximum atomic E-state index is 12.5. The van der Waals surface area contributed by atoms with Gasteiger partial charge in [0.05, 0.1) is 13.2 Å². The fourth-order valence-corrected chi connectivity index (χ4v) is 3.91. The summed E-state index contributed by atoms with van der Waals surface area (Å²) < 4.78 is 5.04. The van der Waals surface area contributed by atoms with Crippen LogP contribution >= 0.6 is 0 Å². The Hall–Kier alpha value is -2.08. The molecule has 6 nitrogen and oxygen atoms in total. The number of piperidine rings is 1. The third kappa shape index (κ3) is 7.63. The number of nitrogens with zero attached hydrogens (tertiary/aromatic N) is 1. The second kappa shape index (κ2) is 12.6. The Labute approximate surface area is 181 Å². The normalized spacial score (nSPS) is 15.8. The molecule has 0 radical (unpaired) electrons. The van der Waals surface area contributed by atoms with E-state index in [-0.39, 0.29) is 24.1 Å². The van der Waals surface area contributed by atoms with Crippen LogP contribution in [0.3, 0.4) is 0 Å². The molecule has 2 rings (SSSR count). The molecule has 1 heterocycles. The van der Waals surface area contributed by atoms with Crippen molar-refractivity contribution >= 4 is 12.0 Å². The van der Waals surface area contributed by atoms with Crippen LogP contribution in [0.25, 0.3) is 0 Å². The summed E-state index contributed by atoms with van der Waals surface area (Å²) in [6.45, 7) is 10.3. The smallest absolute Gasteiger partial charge is 0.409 e. The van der Waals surface area contributed by atoms with E-state index in [2.05, 4.69) is 55.7 Å². The van der Waals surface area contributed by atoms with Gasteiger partial charge in [0, 0.05) is 25.2 Å². The Balaban J connectivity index is 1.79. The van der Waals surface area contributed by atoms with Crippen molar-refractivity contribution in [1.82, 2.24) is 15.5 Å². The lowest BCUT2D eigenvalue weighted by Gasteiger charge is -2.32. The summed E-state index contributed by atoms with van der Waals surface area (Å²) in [7, 11) is 0. The van der Waals surface area contributed by atoms with Gasteiger partial charge in [-0.25, -0.2) is 4.79 Å². The summed E-state index contributed by atoms with van der Waals surface area (Å²) >= 11 is 0. The molecule has 2 amide bonds. The predicted octanol–water partition coefficient (Wildman–Crippen LogP) is 4.05. The number of aryl methyl sites for hydroxylation is 1. The number of unbranched alkanes of at least 4 members (excludes halogenated alkanes) is 1. The van der Waals surface area contributed by atoms with Crippen molar-refractivity contribution in [3.63, 3.8) is 0 Å². The molecule has 1 aromatic carbocycles. The number of ether oxygens (including phenoxy) is 1. The molecule has 6 heteroatoms. The molecule has 1 saturated heterocycles. The Bertz CT molecular complexity index is 652. The molecule has 1 aromatic rings. The van der Waals surface area contributed by atoms with E-state index in [1.807, 2.05) is 6.92 Å². The molecule has 0 aliphatic carbocycles. The van der Waals surface area contributed by atoms with Crippen LogP contribution in [0, 0.1) is 5.92 Å². The van der Waals surface area contributed by atoms with E-state index in [1.54, 1.807) is 4.90 Å². The number of nitrogens with one attached hydrogen (secondary N) is 2. The van der Waals surface area contributed by atoms with Crippen LogP contribution in [0.2, 0.25) is 0 Å². The Kier molecular flexibility index (Phi) is 10.1. The minimum atomic E-state index is -0.260. The van der Waals surface area contributed by atoms with Crippen molar-refractivity contribution in [2.45, 2.75) is 71.9 Å². The van der Waals surface area contributed by atoms with Crippen molar-refractivity contribution in [3.05, 3.63) is 35.4 Å². The van der Waals surface area contributed by atoms with Crippen molar-refractivity contribution in [2.24, 2.45) is 5.92 Å². The first-order valence-corrected chi connectivity index (χ1v) is 11.5. The molecule has 0 unspecified atom stereocenters. The van der Waals surface area contributed by atoms with Crippen molar-refractivity contribution in [3.8, 4) is 0 Å². The van der Waals surface area contributed by atoms with Gasteiger partial charge in [-0.3, -0.25) is 4.79 Å². The largest absolute Gasteiger partial charge is 0.450 e. The van der Waals surface area contributed by atoms with Crippen LogP contribution in [-0.2, 0) is 16.0 Å². The van der Waals surface area contributed by atoms with Gasteiger partial charge in [-0.05, 0) is 49.7 Å². The average molecular weight is 418 g/mol. The summed E-state index contributed by atoms with van der Waals surface area (Å²) in [5, 5.41) is 6.54. The van der Waals surface area contributed by atoms with E-state index >= 15 is 0 Å². The molecule has 1 aliphatic heterocycles. The van der Waals surface area contributed by atoms with E-state index < -0.39 is 0 Å². The molecule has 0 aromatic heterocycles. The molecule has 0 saturated carbocycles. The summed E-state index contributed by atoms with van der Waals surface area (Å²) in [4.78, 5) is 26.0. The number of carbonyl (C=O) groups is 2. The van der Waals surface area contributed by atoms with Gasteiger partial charge in [0.15, 0.2) is 0 Å². The Morgan fingerprint density at radius 1 is 1.13 bits per heavy atom. The highest BCUT2D eigenvalue weighted by molar-refractivity contribution is 5.78. The van der Waals surface area contributed by atoms with Gasteiger partial charge in [0.25, 0.3) is 0 Å². The van der Waals surface area contributed by atoms with Crippen LogP contribution in [0.4, 0.5) is 4.79 Å². The molecule has 1 aliphatic rings. The van der Waals surface area contributed by atoms with Crippen LogP contribution in [0.1, 0.15) is 70.5 Å². The number of hydrogen-bond acceptors (Lipinski definition) is 4. The molecule has 2 N–H and O–H groups in total. The van der Waals surface area contributed by atoms with E-state index in [4.69, 9.17) is 4.74 Å². The highest BCUT2D eigenvalue weighted by Gasteiger charge is 2.25. The number of benzene rings is 1. The highest BCUT2D eigenvalue weighted by atomic mass is 16.6. The van der Waals surface area contributed by atoms with Gasteiger partial charge in [-0.2, -0.15) is 0 Å². The zero-order valence-corrected chi connectivity index (χ0v) is 19.1. The van der Waals surface area contributed by atoms with Crippen LogP contribution < -0.4 is 10.6 Å². The molecule has 0 spiro atoms. The van der Waals surface area contributed by atoms with E-state index in [1.165, 1.54) is 24.0 Å².